The van der Waals surface area contributed by atoms with E-state index in [2.05, 4.69) is 47.8 Å². The van der Waals surface area contributed by atoms with Crippen LogP contribution >= 0.6 is 0 Å². The number of benzene rings is 3. The Bertz CT molecular complexity index is 945. The largest absolute Gasteiger partial charge is 0.361 e. The molecule has 2 aliphatic rings. The Morgan fingerprint density at radius 1 is 0.875 bits per heavy atom. The van der Waals surface area contributed by atoms with Crippen LogP contribution in [0.3, 0.4) is 0 Å². The van der Waals surface area contributed by atoms with Gasteiger partial charge in [-0.05, 0) is 47.4 Å². The summed E-state index contributed by atoms with van der Waals surface area (Å²) in [6.07, 6.45) is 2.10. The Morgan fingerprint density at radius 2 is 1.62 bits per heavy atom. The van der Waals surface area contributed by atoms with Gasteiger partial charge < -0.3 is 10.2 Å². The predicted molar refractivity (Wildman–Crippen MR) is 95.9 cm³/mol. The number of carbonyl (C=O) groups is 1. The van der Waals surface area contributed by atoms with Gasteiger partial charge in [0.25, 0.3) is 5.91 Å². The van der Waals surface area contributed by atoms with E-state index < -0.39 is 0 Å². The SMILES string of the molecule is O=C1c2ccccc2N[C@@H](c2ccc3ccccc3c2)N1C1CC1. The van der Waals surface area contributed by atoms with Gasteiger partial charge in [-0.2, -0.15) is 0 Å². The van der Waals surface area contributed by atoms with Crippen LogP contribution in [-0.2, 0) is 0 Å². The van der Waals surface area contributed by atoms with Gasteiger partial charge in [0, 0.05) is 11.7 Å². The van der Waals surface area contributed by atoms with E-state index in [4.69, 9.17) is 0 Å². The molecule has 0 spiro atoms. The molecule has 3 aromatic carbocycles. The summed E-state index contributed by atoms with van der Waals surface area (Å²) in [4.78, 5) is 15.1. The first-order valence-corrected chi connectivity index (χ1v) is 8.48. The summed E-state index contributed by atoms with van der Waals surface area (Å²) in [5, 5.41) is 6.02. The van der Waals surface area contributed by atoms with Crippen molar-refractivity contribution < 1.29 is 4.79 Å². The third-order valence-corrected chi connectivity index (χ3v) is 4.99. The zero-order valence-electron chi connectivity index (χ0n) is 13.3. The smallest absolute Gasteiger partial charge is 0.258 e. The maximum absolute atomic E-state index is 13.0. The zero-order chi connectivity index (χ0) is 16.1. The first kappa shape index (κ1) is 13.6. The molecule has 5 rings (SSSR count). The minimum Gasteiger partial charge on any atom is -0.361 e. The van der Waals surface area contributed by atoms with Crippen molar-refractivity contribution >= 4 is 22.4 Å². The minimum atomic E-state index is -0.0930. The van der Waals surface area contributed by atoms with Gasteiger partial charge in [0.1, 0.15) is 6.17 Å². The van der Waals surface area contributed by atoms with Crippen molar-refractivity contribution in [1.29, 1.82) is 0 Å². The Labute approximate surface area is 140 Å². The van der Waals surface area contributed by atoms with E-state index in [0.717, 1.165) is 29.7 Å². The van der Waals surface area contributed by atoms with Crippen LogP contribution in [0.4, 0.5) is 5.69 Å². The van der Waals surface area contributed by atoms with Gasteiger partial charge in [-0.25, -0.2) is 0 Å². The molecule has 1 saturated carbocycles. The lowest BCUT2D eigenvalue weighted by Crippen LogP contribution is -2.44. The Kier molecular flexibility index (Phi) is 2.89. The number of carbonyl (C=O) groups excluding carboxylic acids is 1. The topological polar surface area (TPSA) is 32.3 Å². The molecule has 118 valence electrons. The summed E-state index contributed by atoms with van der Waals surface area (Å²) in [6, 6.07) is 23.0. The molecule has 0 saturated heterocycles. The van der Waals surface area contributed by atoms with Crippen LogP contribution in [-0.4, -0.2) is 16.8 Å². The molecular weight excluding hydrogens is 296 g/mol. The Hall–Kier alpha value is -2.81. The first-order chi connectivity index (χ1) is 11.8. The van der Waals surface area contributed by atoms with Crippen molar-refractivity contribution in [3.05, 3.63) is 77.9 Å². The molecule has 1 heterocycles. The standard InChI is InChI=1S/C21H18N2O/c24-21-18-7-3-4-8-19(18)22-20(23(21)17-11-12-17)16-10-9-14-5-1-2-6-15(14)13-16/h1-10,13,17,20,22H,11-12H2/t20-/m1/s1. The number of hydrogen-bond donors (Lipinski definition) is 1. The molecule has 0 bridgehead atoms. The fourth-order valence-electron chi connectivity index (χ4n) is 3.62. The van der Waals surface area contributed by atoms with Crippen molar-refractivity contribution in [2.75, 3.05) is 5.32 Å². The lowest BCUT2D eigenvalue weighted by atomic mass is 10.0. The van der Waals surface area contributed by atoms with E-state index in [0.29, 0.717) is 6.04 Å². The molecule has 1 aliphatic carbocycles. The number of fused-ring (bicyclic) bond motifs is 2. The molecular formula is C21H18N2O. The molecule has 0 aromatic heterocycles. The van der Waals surface area contributed by atoms with Gasteiger partial charge in [-0.15, -0.1) is 0 Å². The zero-order valence-corrected chi connectivity index (χ0v) is 13.3. The number of para-hydroxylation sites is 1. The van der Waals surface area contributed by atoms with Gasteiger partial charge in [0.05, 0.1) is 5.56 Å². The van der Waals surface area contributed by atoms with Crippen molar-refractivity contribution in [1.82, 2.24) is 4.90 Å². The minimum absolute atomic E-state index is 0.0930. The van der Waals surface area contributed by atoms with E-state index in [1.54, 1.807) is 0 Å². The highest BCUT2D eigenvalue weighted by atomic mass is 16.2. The van der Waals surface area contributed by atoms with Crippen LogP contribution in [0.15, 0.2) is 66.7 Å². The van der Waals surface area contributed by atoms with Crippen LogP contribution in [0.5, 0.6) is 0 Å². The summed E-state index contributed by atoms with van der Waals surface area (Å²) in [7, 11) is 0. The third-order valence-electron chi connectivity index (χ3n) is 4.99. The maximum atomic E-state index is 13.0. The first-order valence-electron chi connectivity index (χ1n) is 8.48. The van der Waals surface area contributed by atoms with Crippen LogP contribution in [0.2, 0.25) is 0 Å². The highest BCUT2D eigenvalue weighted by molar-refractivity contribution is 6.02. The molecule has 3 heteroatoms. The molecule has 1 aliphatic heterocycles. The fraction of sp³-hybridized carbons (Fsp3) is 0.190. The van der Waals surface area contributed by atoms with Gasteiger partial charge in [-0.3, -0.25) is 4.79 Å². The molecule has 3 nitrogen and oxygen atoms in total. The van der Waals surface area contributed by atoms with Crippen molar-refractivity contribution in [3.63, 3.8) is 0 Å². The van der Waals surface area contributed by atoms with E-state index in [1.807, 2.05) is 29.2 Å². The fourth-order valence-corrected chi connectivity index (χ4v) is 3.62. The van der Waals surface area contributed by atoms with Gasteiger partial charge in [-0.1, -0.05) is 48.5 Å². The lowest BCUT2D eigenvalue weighted by molar-refractivity contribution is 0.0666. The highest BCUT2D eigenvalue weighted by Crippen LogP contribution is 2.41. The van der Waals surface area contributed by atoms with Gasteiger partial charge in [0.15, 0.2) is 0 Å². The van der Waals surface area contributed by atoms with Gasteiger partial charge in [0.2, 0.25) is 0 Å². The number of nitrogens with zero attached hydrogens (tertiary/aromatic N) is 1. The quantitative estimate of drug-likeness (QED) is 0.751. The normalized spacial score (nSPS) is 19.9. The summed E-state index contributed by atoms with van der Waals surface area (Å²) in [6.45, 7) is 0. The second-order valence-corrected chi connectivity index (χ2v) is 6.64. The number of amides is 1. The van der Waals surface area contributed by atoms with E-state index in [9.17, 15) is 4.79 Å². The molecule has 0 unspecified atom stereocenters. The molecule has 3 aromatic rings. The van der Waals surface area contributed by atoms with Crippen molar-refractivity contribution in [2.24, 2.45) is 0 Å². The maximum Gasteiger partial charge on any atom is 0.258 e. The van der Waals surface area contributed by atoms with Crippen LogP contribution in [0.25, 0.3) is 10.8 Å². The molecule has 1 fully saturated rings. The average molecular weight is 314 g/mol. The third kappa shape index (κ3) is 2.08. The predicted octanol–water partition coefficient (Wildman–Crippen LogP) is 4.57. The van der Waals surface area contributed by atoms with E-state index in [1.165, 1.54) is 10.8 Å². The molecule has 1 amide bonds. The molecule has 24 heavy (non-hydrogen) atoms. The second-order valence-electron chi connectivity index (χ2n) is 6.64. The van der Waals surface area contributed by atoms with E-state index in [-0.39, 0.29) is 12.1 Å². The number of nitrogens with one attached hydrogen (secondary N) is 1. The Balaban J connectivity index is 1.63. The monoisotopic (exact) mass is 314 g/mol. The molecule has 0 radical (unpaired) electrons. The average Bonchev–Trinajstić information content (AvgIpc) is 3.46. The summed E-state index contributed by atoms with van der Waals surface area (Å²) in [5.41, 5.74) is 2.85. The lowest BCUT2D eigenvalue weighted by Gasteiger charge is -2.38. The summed E-state index contributed by atoms with van der Waals surface area (Å²) >= 11 is 0. The van der Waals surface area contributed by atoms with Crippen LogP contribution in [0.1, 0.15) is 34.9 Å². The highest BCUT2D eigenvalue weighted by Gasteiger charge is 2.41. The number of hydrogen-bond acceptors (Lipinski definition) is 2. The van der Waals surface area contributed by atoms with E-state index >= 15 is 0 Å². The summed E-state index contributed by atoms with van der Waals surface area (Å²) in [5.74, 6) is 0.144. The summed E-state index contributed by atoms with van der Waals surface area (Å²) < 4.78 is 0. The molecule has 1 N–H and O–H groups in total. The van der Waals surface area contributed by atoms with Crippen molar-refractivity contribution in [3.8, 4) is 0 Å². The van der Waals surface area contributed by atoms with Crippen LogP contribution in [0, 0.1) is 0 Å². The van der Waals surface area contributed by atoms with Gasteiger partial charge >= 0.3 is 0 Å². The number of rotatable bonds is 2. The van der Waals surface area contributed by atoms with Crippen molar-refractivity contribution in [2.45, 2.75) is 25.0 Å². The number of anilines is 1. The Morgan fingerprint density at radius 3 is 2.46 bits per heavy atom. The second kappa shape index (κ2) is 5.10. The van der Waals surface area contributed by atoms with Crippen LogP contribution < -0.4 is 5.32 Å². The molecule has 1 atom stereocenters.